The summed E-state index contributed by atoms with van der Waals surface area (Å²) < 4.78 is 40.0. The molecule has 0 amide bonds. The Morgan fingerprint density at radius 2 is 2.18 bits per heavy atom. The first-order chi connectivity index (χ1) is 5.05. The van der Waals surface area contributed by atoms with Crippen LogP contribution in [0.15, 0.2) is 10.7 Å². The molecule has 0 bridgehead atoms. The highest BCUT2D eigenvalue weighted by Crippen LogP contribution is 2.31. The van der Waals surface area contributed by atoms with E-state index >= 15 is 0 Å². The second-order valence-electron chi connectivity index (χ2n) is 1.86. The molecule has 0 fully saturated rings. The van der Waals surface area contributed by atoms with Crippen molar-refractivity contribution in [2.45, 2.75) is 12.7 Å². The Morgan fingerprint density at radius 3 is 2.55 bits per heavy atom. The van der Waals surface area contributed by atoms with E-state index in [2.05, 4.69) is 9.68 Å². The summed E-state index contributed by atoms with van der Waals surface area (Å²) >= 11 is 0. The average Bonchev–Trinajstić information content (AvgIpc) is 2.31. The number of nitrogens with two attached hydrogens (primary N) is 1. The summed E-state index contributed by atoms with van der Waals surface area (Å²) in [5, 5.41) is 2.98. The maximum atomic E-state index is 11.9. The maximum absolute atomic E-state index is 11.9. The molecule has 1 aromatic heterocycles. The van der Waals surface area contributed by atoms with Crippen LogP contribution in [0.4, 0.5) is 13.2 Å². The van der Waals surface area contributed by atoms with Crippen molar-refractivity contribution in [1.29, 1.82) is 0 Å². The summed E-state index contributed by atoms with van der Waals surface area (Å²) in [7, 11) is 0. The molecular formula is C5H5F3N2O. The minimum Gasteiger partial charge on any atom is -0.359 e. The second-order valence-corrected chi connectivity index (χ2v) is 1.86. The second kappa shape index (κ2) is 2.54. The third-order valence-electron chi connectivity index (χ3n) is 1.14. The van der Waals surface area contributed by atoms with E-state index in [0.717, 1.165) is 0 Å². The lowest BCUT2D eigenvalue weighted by atomic mass is 10.2. The van der Waals surface area contributed by atoms with E-state index in [9.17, 15) is 13.2 Å². The molecule has 11 heavy (non-hydrogen) atoms. The Hall–Kier alpha value is -1.04. The molecule has 0 aromatic carbocycles. The molecule has 0 aliphatic carbocycles. The van der Waals surface area contributed by atoms with Crippen molar-refractivity contribution >= 4 is 0 Å². The van der Waals surface area contributed by atoms with Crippen molar-refractivity contribution in [3.63, 3.8) is 0 Å². The van der Waals surface area contributed by atoms with Crippen LogP contribution in [-0.4, -0.2) is 5.16 Å². The van der Waals surface area contributed by atoms with Crippen molar-refractivity contribution in [3.05, 3.63) is 17.5 Å². The number of halogens is 3. The fourth-order valence-electron chi connectivity index (χ4n) is 0.642. The normalized spacial score (nSPS) is 12.0. The Labute approximate surface area is 60.0 Å². The van der Waals surface area contributed by atoms with Gasteiger partial charge in [0.1, 0.15) is 5.56 Å². The molecule has 0 atom stereocenters. The van der Waals surface area contributed by atoms with Crippen LogP contribution in [0.1, 0.15) is 11.3 Å². The zero-order valence-corrected chi connectivity index (χ0v) is 5.35. The van der Waals surface area contributed by atoms with E-state index in [1.54, 1.807) is 0 Å². The molecule has 0 saturated carbocycles. The Kier molecular flexibility index (Phi) is 1.86. The molecule has 62 valence electrons. The van der Waals surface area contributed by atoms with Gasteiger partial charge in [0.2, 0.25) is 0 Å². The summed E-state index contributed by atoms with van der Waals surface area (Å²) in [5.74, 6) is -0.336. The molecule has 0 unspecified atom stereocenters. The van der Waals surface area contributed by atoms with Crippen LogP contribution in [0.5, 0.6) is 0 Å². The topological polar surface area (TPSA) is 52.0 Å². The highest BCUT2D eigenvalue weighted by atomic mass is 19.4. The first-order valence-electron chi connectivity index (χ1n) is 2.76. The predicted octanol–water partition coefficient (Wildman–Crippen LogP) is 1.15. The lowest BCUT2D eigenvalue weighted by molar-refractivity contribution is -0.138. The smallest absolute Gasteiger partial charge is 0.359 e. The van der Waals surface area contributed by atoms with Gasteiger partial charge in [-0.15, -0.1) is 0 Å². The van der Waals surface area contributed by atoms with Gasteiger partial charge in [-0.1, -0.05) is 5.16 Å². The summed E-state index contributed by atoms with van der Waals surface area (Å²) in [4.78, 5) is 0. The largest absolute Gasteiger partial charge is 0.421 e. The molecule has 0 aliphatic rings. The monoisotopic (exact) mass is 166 g/mol. The first-order valence-corrected chi connectivity index (χ1v) is 2.76. The van der Waals surface area contributed by atoms with Crippen LogP contribution in [-0.2, 0) is 12.7 Å². The number of nitrogens with zero attached hydrogens (tertiary/aromatic N) is 1. The minimum atomic E-state index is -4.42. The standard InChI is InChI=1S/C5H5F3N2O/c6-5(7,8)3-2-10-11-4(3)1-9/h2H,1,9H2. The molecule has 3 nitrogen and oxygen atoms in total. The average molecular weight is 166 g/mol. The number of alkyl halides is 3. The maximum Gasteiger partial charge on any atom is 0.421 e. The van der Waals surface area contributed by atoms with Gasteiger partial charge in [0.05, 0.1) is 12.7 Å². The number of rotatable bonds is 1. The lowest BCUT2D eigenvalue weighted by Crippen LogP contribution is -2.08. The van der Waals surface area contributed by atoms with E-state index in [1.165, 1.54) is 0 Å². The van der Waals surface area contributed by atoms with Crippen molar-refractivity contribution in [1.82, 2.24) is 5.16 Å². The van der Waals surface area contributed by atoms with Crippen LogP contribution in [0.25, 0.3) is 0 Å². The molecule has 0 saturated heterocycles. The van der Waals surface area contributed by atoms with Gasteiger partial charge in [-0.25, -0.2) is 0 Å². The van der Waals surface area contributed by atoms with E-state index in [0.29, 0.717) is 6.20 Å². The van der Waals surface area contributed by atoms with E-state index in [4.69, 9.17) is 5.73 Å². The van der Waals surface area contributed by atoms with Gasteiger partial charge in [-0.3, -0.25) is 0 Å². The summed E-state index contributed by atoms with van der Waals surface area (Å²) in [5.41, 5.74) is 4.06. The van der Waals surface area contributed by atoms with Crippen LogP contribution >= 0.6 is 0 Å². The lowest BCUT2D eigenvalue weighted by Gasteiger charge is -2.02. The quantitative estimate of drug-likeness (QED) is 0.680. The zero-order valence-electron chi connectivity index (χ0n) is 5.35. The van der Waals surface area contributed by atoms with E-state index < -0.39 is 11.7 Å². The Bertz CT molecular complexity index is 242. The van der Waals surface area contributed by atoms with Crippen LogP contribution < -0.4 is 5.73 Å². The van der Waals surface area contributed by atoms with Crippen molar-refractivity contribution in [2.75, 3.05) is 0 Å². The van der Waals surface area contributed by atoms with Gasteiger partial charge in [-0.2, -0.15) is 13.2 Å². The Morgan fingerprint density at radius 1 is 1.55 bits per heavy atom. The van der Waals surface area contributed by atoms with Crippen LogP contribution in [0, 0.1) is 0 Å². The highest BCUT2D eigenvalue weighted by Gasteiger charge is 2.35. The molecule has 1 rings (SSSR count). The number of aromatic nitrogens is 1. The number of hydrogen-bond donors (Lipinski definition) is 1. The molecule has 6 heteroatoms. The molecule has 0 radical (unpaired) electrons. The first kappa shape index (κ1) is 8.06. The SMILES string of the molecule is NCc1oncc1C(F)(F)F. The van der Waals surface area contributed by atoms with Crippen molar-refractivity contribution in [2.24, 2.45) is 5.73 Å². The third-order valence-corrected chi connectivity index (χ3v) is 1.14. The van der Waals surface area contributed by atoms with Gasteiger partial charge >= 0.3 is 6.18 Å². The van der Waals surface area contributed by atoms with E-state index in [1.807, 2.05) is 0 Å². The van der Waals surface area contributed by atoms with Gasteiger partial charge in [-0.05, 0) is 0 Å². The molecular weight excluding hydrogens is 161 g/mol. The summed E-state index contributed by atoms with van der Waals surface area (Å²) in [6, 6.07) is 0. The zero-order chi connectivity index (χ0) is 8.48. The van der Waals surface area contributed by atoms with Crippen LogP contribution in [0.2, 0.25) is 0 Å². The van der Waals surface area contributed by atoms with Gasteiger partial charge in [0, 0.05) is 0 Å². The molecule has 0 aliphatic heterocycles. The molecule has 2 N–H and O–H groups in total. The summed E-state index contributed by atoms with van der Waals surface area (Å²) in [6.45, 7) is -0.297. The fourth-order valence-corrected chi connectivity index (χ4v) is 0.642. The van der Waals surface area contributed by atoms with Crippen molar-refractivity contribution in [3.8, 4) is 0 Å². The molecule has 1 heterocycles. The molecule has 0 spiro atoms. The number of hydrogen-bond acceptors (Lipinski definition) is 3. The molecule has 1 aromatic rings. The van der Waals surface area contributed by atoms with Gasteiger partial charge < -0.3 is 10.3 Å². The third kappa shape index (κ3) is 1.51. The fraction of sp³-hybridized carbons (Fsp3) is 0.400. The van der Waals surface area contributed by atoms with Crippen molar-refractivity contribution < 1.29 is 17.7 Å². The Balaban J connectivity index is 3.02. The van der Waals surface area contributed by atoms with Gasteiger partial charge in [0.25, 0.3) is 0 Å². The predicted molar refractivity (Wildman–Crippen MR) is 29.4 cm³/mol. The van der Waals surface area contributed by atoms with E-state index in [-0.39, 0.29) is 12.3 Å². The van der Waals surface area contributed by atoms with Gasteiger partial charge in [0.15, 0.2) is 5.76 Å². The van der Waals surface area contributed by atoms with Crippen LogP contribution in [0.3, 0.4) is 0 Å². The minimum absolute atomic E-state index is 0.297. The summed E-state index contributed by atoms with van der Waals surface area (Å²) in [6.07, 6.45) is -3.81. The highest BCUT2D eigenvalue weighted by molar-refractivity contribution is 5.16.